The van der Waals surface area contributed by atoms with Gasteiger partial charge in [0.2, 0.25) is 0 Å². The first-order valence-corrected chi connectivity index (χ1v) is 9.41. The van der Waals surface area contributed by atoms with Crippen molar-refractivity contribution in [1.29, 1.82) is 0 Å². The minimum atomic E-state index is -3.27. The van der Waals surface area contributed by atoms with Crippen molar-refractivity contribution in [3.63, 3.8) is 0 Å². The van der Waals surface area contributed by atoms with E-state index in [1.54, 1.807) is 8.61 Å². The van der Waals surface area contributed by atoms with Gasteiger partial charge in [-0.2, -0.15) is 17.0 Å². The number of hydrogen-bond donors (Lipinski definition) is 1. The van der Waals surface area contributed by atoms with Gasteiger partial charge in [0.25, 0.3) is 10.2 Å². The maximum atomic E-state index is 12.8. The molecule has 0 amide bonds. The molecule has 6 nitrogen and oxygen atoms in total. The summed E-state index contributed by atoms with van der Waals surface area (Å²) < 4.78 is 29.0. The van der Waals surface area contributed by atoms with Gasteiger partial charge < -0.3 is 10.2 Å². The van der Waals surface area contributed by atoms with Crippen LogP contribution in [0.5, 0.6) is 0 Å². The van der Waals surface area contributed by atoms with E-state index >= 15 is 0 Å². The van der Waals surface area contributed by atoms with Gasteiger partial charge in [-0.05, 0) is 59.3 Å². The Morgan fingerprint density at radius 2 is 1.76 bits per heavy atom. The summed E-state index contributed by atoms with van der Waals surface area (Å²) in [4.78, 5) is 2.14. The summed E-state index contributed by atoms with van der Waals surface area (Å²) in [6.07, 6.45) is 3.97. The molecule has 0 radical (unpaired) electrons. The molecule has 1 N–H and O–H groups in total. The van der Waals surface area contributed by atoms with Gasteiger partial charge in [0.1, 0.15) is 0 Å². The maximum Gasteiger partial charge on any atom is 0.282 e. The quantitative estimate of drug-likeness (QED) is 0.786. The smallest absolute Gasteiger partial charge is 0.282 e. The van der Waals surface area contributed by atoms with Crippen molar-refractivity contribution in [3.05, 3.63) is 0 Å². The zero-order chi connectivity index (χ0) is 15.5. The molecule has 2 aliphatic rings. The molecule has 21 heavy (non-hydrogen) atoms. The lowest BCUT2D eigenvalue weighted by molar-refractivity contribution is 0.177. The lowest BCUT2D eigenvalue weighted by atomic mass is 9.98. The molecule has 0 bridgehead atoms. The second-order valence-corrected chi connectivity index (χ2v) is 8.45. The Kier molecular flexibility index (Phi) is 6.02. The summed E-state index contributed by atoms with van der Waals surface area (Å²) in [5, 5.41) is 3.19. The van der Waals surface area contributed by atoms with Gasteiger partial charge in [-0.25, -0.2) is 0 Å². The van der Waals surface area contributed by atoms with Crippen LogP contribution in [0.3, 0.4) is 0 Å². The third kappa shape index (κ3) is 4.16. The molecule has 0 spiro atoms. The number of nitrogens with one attached hydrogen (secondary N) is 1. The number of rotatable bonds is 5. The topological polar surface area (TPSA) is 55.9 Å². The van der Waals surface area contributed by atoms with E-state index in [-0.39, 0.29) is 0 Å². The summed E-state index contributed by atoms with van der Waals surface area (Å²) in [6, 6.07) is 0.343. The first-order chi connectivity index (χ1) is 9.95. The first kappa shape index (κ1) is 17.1. The van der Waals surface area contributed by atoms with Crippen LogP contribution in [-0.4, -0.2) is 81.8 Å². The molecule has 7 heteroatoms. The van der Waals surface area contributed by atoms with E-state index < -0.39 is 10.2 Å². The highest BCUT2D eigenvalue weighted by molar-refractivity contribution is 7.86. The molecule has 2 heterocycles. The molecule has 2 saturated heterocycles. The Hall–Kier alpha value is -0.210. The van der Waals surface area contributed by atoms with Gasteiger partial charge in [0.15, 0.2) is 0 Å². The lowest BCUT2D eigenvalue weighted by Crippen LogP contribution is -2.53. The van der Waals surface area contributed by atoms with Gasteiger partial charge in [0.05, 0.1) is 0 Å². The van der Waals surface area contributed by atoms with E-state index in [9.17, 15) is 8.42 Å². The number of hydrogen-bond acceptors (Lipinski definition) is 4. The van der Waals surface area contributed by atoms with Crippen molar-refractivity contribution in [1.82, 2.24) is 18.8 Å². The van der Waals surface area contributed by atoms with Crippen molar-refractivity contribution in [2.75, 3.05) is 53.9 Å². The van der Waals surface area contributed by atoms with Gasteiger partial charge in [-0.3, -0.25) is 0 Å². The predicted octanol–water partition coefficient (Wildman–Crippen LogP) is 0.189. The van der Waals surface area contributed by atoms with Crippen LogP contribution in [0, 0.1) is 5.92 Å². The van der Waals surface area contributed by atoms with Gasteiger partial charge in [-0.15, -0.1) is 0 Å². The summed E-state index contributed by atoms with van der Waals surface area (Å²) in [5.41, 5.74) is 0. The van der Waals surface area contributed by atoms with E-state index in [1.165, 1.54) is 0 Å². The summed E-state index contributed by atoms with van der Waals surface area (Å²) in [7, 11) is 2.75. The minimum absolute atomic E-state index is 0.343. The molecule has 0 aliphatic carbocycles. The van der Waals surface area contributed by atoms with Crippen LogP contribution in [0.4, 0.5) is 0 Å². The highest BCUT2D eigenvalue weighted by Crippen LogP contribution is 2.24. The Morgan fingerprint density at radius 3 is 2.33 bits per heavy atom. The minimum Gasteiger partial charge on any atom is -0.319 e. The number of likely N-dealkylation sites (N-methyl/N-ethyl adjacent to an activating group) is 1. The Balaban J connectivity index is 1.95. The second-order valence-electron chi connectivity index (χ2n) is 6.53. The molecule has 2 rings (SSSR count). The van der Waals surface area contributed by atoms with Crippen molar-refractivity contribution >= 4 is 10.2 Å². The van der Waals surface area contributed by atoms with Crippen LogP contribution < -0.4 is 5.32 Å². The Labute approximate surface area is 129 Å². The monoisotopic (exact) mass is 318 g/mol. The normalized spacial score (nSPS) is 27.3. The second kappa shape index (κ2) is 7.37. The maximum absolute atomic E-state index is 12.8. The predicted molar refractivity (Wildman–Crippen MR) is 85.4 cm³/mol. The Morgan fingerprint density at radius 1 is 1.10 bits per heavy atom. The number of nitrogens with zero attached hydrogens (tertiary/aromatic N) is 3. The molecule has 1 unspecified atom stereocenters. The average Bonchev–Trinajstić information content (AvgIpc) is 2.48. The fourth-order valence-corrected chi connectivity index (χ4v) is 5.07. The third-order valence-corrected chi connectivity index (χ3v) is 6.81. The van der Waals surface area contributed by atoms with E-state index in [4.69, 9.17) is 0 Å². The highest BCUT2D eigenvalue weighted by Gasteiger charge is 2.35. The lowest BCUT2D eigenvalue weighted by Gasteiger charge is -2.39. The SMILES string of the molecule is CNCC1CCN(S(=O)(=O)N2CCCC(N(C)C)C2)CC1. The van der Waals surface area contributed by atoms with Crippen molar-refractivity contribution in [2.24, 2.45) is 5.92 Å². The van der Waals surface area contributed by atoms with Crippen molar-refractivity contribution in [2.45, 2.75) is 31.7 Å². The standard InChI is InChI=1S/C14H30N4O2S/c1-15-11-13-6-9-17(10-7-13)21(19,20)18-8-4-5-14(12-18)16(2)3/h13-15H,4-12H2,1-3H3. The third-order valence-electron chi connectivity index (χ3n) is 4.81. The van der Waals surface area contributed by atoms with Gasteiger partial charge >= 0.3 is 0 Å². The largest absolute Gasteiger partial charge is 0.319 e. The van der Waals surface area contributed by atoms with Crippen molar-refractivity contribution in [3.8, 4) is 0 Å². The molecule has 0 saturated carbocycles. The van der Waals surface area contributed by atoms with Crippen LogP contribution in [0.25, 0.3) is 0 Å². The fourth-order valence-electron chi connectivity index (χ4n) is 3.35. The van der Waals surface area contributed by atoms with E-state index in [0.29, 0.717) is 38.1 Å². The first-order valence-electron chi connectivity index (χ1n) is 8.01. The van der Waals surface area contributed by atoms with Gasteiger partial charge in [0, 0.05) is 32.2 Å². The molecular weight excluding hydrogens is 288 g/mol. The van der Waals surface area contributed by atoms with E-state index in [0.717, 1.165) is 32.2 Å². The summed E-state index contributed by atoms with van der Waals surface area (Å²) in [6.45, 7) is 3.62. The zero-order valence-corrected chi connectivity index (χ0v) is 14.4. The van der Waals surface area contributed by atoms with Crippen LogP contribution >= 0.6 is 0 Å². The highest BCUT2D eigenvalue weighted by atomic mass is 32.2. The van der Waals surface area contributed by atoms with E-state index in [1.807, 2.05) is 21.1 Å². The fraction of sp³-hybridized carbons (Fsp3) is 1.00. The Bertz CT molecular complexity index is 419. The average molecular weight is 318 g/mol. The zero-order valence-electron chi connectivity index (χ0n) is 13.6. The number of piperidine rings is 2. The van der Waals surface area contributed by atoms with Crippen LogP contribution in [0.2, 0.25) is 0 Å². The molecule has 2 fully saturated rings. The van der Waals surface area contributed by atoms with Crippen LogP contribution in [-0.2, 0) is 10.2 Å². The summed E-state index contributed by atoms with van der Waals surface area (Å²) >= 11 is 0. The molecule has 1 atom stereocenters. The van der Waals surface area contributed by atoms with Crippen molar-refractivity contribution < 1.29 is 8.42 Å². The van der Waals surface area contributed by atoms with Crippen LogP contribution in [0.1, 0.15) is 25.7 Å². The molecule has 2 aliphatic heterocycles. The summed E-state index contributed by atoms with van der Waals surface area (Å²) in [5.74, 6) is 0.609. The van der Waals surface area contributed by atoms with E-state index in [2.05, 4.69) is 10.2 Å². The molecular formula is C14H30N4O2S. The molecule has 0 aromatic carbocycles. The van der Waals surface area contributed by atoms with Gasteiger partial charge in [-0.1, -0.05) is 0 Å². The molecule has 0 aromatic heterocycles. The molecule has 0 aromatic rings. The molecule has 124 valence electrons. The van der Waals surface area contributed by atoms with Crippen LogP contribution in [0.15, 0.2) is 0 Å².